The Morgan fingerprint density at radius 2 is 1.12 bits per heavy atom. The smallest absolute Gasteiger partial charge is 0.181 e. The number of nitrogens with zero attached hydrogens (tertiary/aromatic N) is 2. The Balaban J connectivity index is 2.93. The molecule has 1 heterocycles. The Hall–Kier alpha value is -1.22. The van der Waals surface area contributed by atoms with E-state index in [-0.39, 0.29) is 11.1 Å². The Morgan fingerprint density at radius 1 is 0.781 bits per heavy atom. The van der Waals surface area contributed by atoms with Crippen LogP contribution in [0.15, 0.2) is 0 Å². The molecule has 0 amide bonds. The number of methoxy groups -OCH3 is 2. The number of nitrogens with one attached hydrogen (secondary N) is 4. The van der Waals surface area contributed by atoms with Crippen LogP contribution in [0.2, 0.25) is 0 Å². The molecule has 1 saturated heterocycles. The third kappa shape index (κ3) is 11.1. The first-order valence-electron chi connectivity index (χ1n) is 12.1. The molecule has 1 rings (SSSR count). The van der Waals surface area contributed by atoms with Crippen LogP contribution in [-0.2, 0) is 9.47 Å². The molecule has 0 bridgehead atoms. The Kier molecular flexibility index (Phi) is 12.1. The van der Waals surface area contributed by atoms with E-state index in [9.17, 15) is 0 Å². The molecule has 188 valence electrons. The van der Waals surface area contributed by atoms with E-state index < -0.39 is 0 Å². The van der Waals surface area contributed by atoms with Gasteiger partial charge in [0.15, 0.2) is 11.8 Å². The first-order valence-corrected chi connectivity index (χ1v) is 12.1. The second-order valence-corrected chi connectivity index (χ2v) is 10.6. The monoisotopic (exact) mass is 454 g/mol. The summed E-state index contributed by atoms with van der Waals surface area (Å²) >= 11 is 0. The van der Waals surface area contributed by atoms with E-state index in [4.69, 9.17) is 20.3 Å². The van der Waals surface area contributed by atoms with Gasteiger partial charge in [0, 0.05) is 75.3 Å². The van der Waals surface area contributed by atoms with Gasteiger partial charge >= 0.3 is 0 Å². The summed E-state index contributed by atoms with van der Waals surface area (Å²) in [6.45, 7) is 19.1. The van der Waals surface area contributed by atoms with Gasteiger partial charge in [-0.15, -0.1) is 0 Å². The van der Waals surface area contributed by atoms with Crippen LogP contribution in [0.4, 0.5) is 0 Å². The maximum absolute atomic E-state index is 7.87. The van der Waals surface area contributed by atoms with Gasteiger partial charge in [-0.05, 0) is 54.4 Å². The fraction of sp³-hybridized carbons (Fsp3) is 0.917. The summed E-state index contributed by atoms with van der Waals surface area (Å²) in [5.41, 5.74) is 0.0226. The van der Waals surface area contributed by atoms with E-state index in [1.807, 2.05) is 0 Å². The normalized spacial score (nSPS) is 26.1. The topological polar surface area (TPSA) is 96.7 Å². The number of hydrogen-bond acceptors (Lipinski definition) is 8. The molecule has 0 radical (unpaired) electrons. The molecule has 0 unspecified atom stereocenters. The van der Waals surface area contributed by atoms with Crippen LogP contribution in [0, 0.1) is 10.8 Å². The molecule has 0 aromatic rings. The van der Waals surface area contributed by atoms with Gasteiger partial charge in [0.05, 0.1) is 14.2 Å². The highest BCUT2D eigenvalue weighted by molar-refractivity contribution is 5.72. The molecule has 0 aromatic carbocycles. The van der Waals surface area contributed by atoms with Crippen LogP contribution in [0.3, 0.4) is 0 Å². The molecule has 1 aliphatic rings. The summed E-state index contributed by atoms with van der Waals surface area (Å²) in [6, 6.07) is 0.791. The minimum atomic E-state index is 0.0113. The highest BCUT2D eigenvalue weighted by Gasteiger charge is 2.28. The highest BCUT2D eigenvalue weighted by Crippen LogP contribution is 2.19. The van der Waals surface area contributed by atoms with Crippen molar-refractivity contribution >= 4 is 11.8 Å². The summed E-state index contributed by atoms with van der Waals surface area (Å²) in [5, 5.41) is 23.3. The predicted molar refractivity (Wildman–Crippen MR) is 134 cm³/mol. The zero-order valence-corrected chi connectivity index (χ0v) is 21.9. The molecule has 8 nitrogen and oxygen atoms in total. The van der Waals surface area contributed by atoms with Crippen LogP contribution in [-0.4, -0.2) is 98.2 Å². The zero-order valence-electron chi connectivity index (χ0n) is 21.9. The van der Waals surface area contributed by atoms with Gasteiger partial charge < -0.3 is 20.1 Å². The van der Waals surface area contributed by atoms with Crippen molar-refractivity contribution in [2.24, 2.45) is 0 Å². The van der Waals surface area contributed by atoms with Crippen molar-refractivity contribution in [1.82, 2.24) is 20.4 Å². The highest BCUT2D eigenvalue weighted by atomic mass is 16.5. The average Bonchev–Trinajstić information content (AvgIpc) is 2.70. The maximum Gasteiger partial charge on any atom is 0.181 e. The van der Waals surface area contributed by atoms with Gasteiger partial charge in [-0.3, -0.25) is 20.6 Å². The van der Waals surface area contributed by atoms with Crippen molar-refractivity contribution in [2.75, 3.05) is 53.5 Å². The fourth-order valence-corrected chi connectivity index (χ4v) is 4.75. The van der Waals surface area contributed by atoms with E-state index >= 15 is 0 Å². The second-order valence-electron chi connectivity index (χ2n) is 10.6. The fourth-order valence-electron chi connectivity index (χ4n) is 4.75. The van der Waals surface area contributed by atoms with Gasteiger partial charge in [0.25, 0.3) is 0 Å². The van der Waals surface area contributed by atoms with E-state index in [1.165, 1.54) is 0 Å². The zero-order chi connectivity index (χ0) is 24.4. The van der Waals surface area contributed by atoms with Crippen molar-refractivity contribution in [3.63, 3.8) is 0 Å². The molecule has 4 N–H and O–H groups in total. The molecule has 0 aliphatic carbocycles. The van der Waals surface area contributed by atoms with Crippen molar-refractivity contribution in [3.05, 3.63) is 0 Å². The number of rotatable bonds is 6. The Labute approximate surface area is 196 Å². The van der Waals surface area contributed by atoms with Crippen molar-refractivity contribution < 1.29 is 9.47 Å². The molecule has 0 saturated carbocycles. The molecule has 0 spiro atoms. The Morgan fingerprint density at radius 3 is 1.44 bits per heavy atom. The van der Waals surface area contributed by atoms with Gasteiger partial charge in [-0.1, -0.05) is 0 Å². The molecule has 32 heavy (non-hydrogen) atoms. The quantitative estimate of drug-likeness (QED) is 0.364. The van der Waals surface area contributed by atoms with Gasteiger partial charge in [-0.25, -0.2) is 0 Å². The first kappa shape index (κ1) is 28.8. The molecule has 0 aromatic heterocycles. The number of hydrogen-bond donors (Lipinski definition) is 4. The predicted octanol–water partition coefficient (Wildman–Crippen LogP) is 2.93. The summed E-state index contributed by atoms with van der Waals surface area (Å²) in [5.74, 6) is 0.690. The summed E-state index contributed by atoms with van der Waals surface area (Å²) in [6.07, 6.45) is 3.34. The molecule has 8 heteroatoms. The van der Waals surface area contributed by atoms with Crippen LogP contribution in [0.1, 0.15) is 67.2 Å². The minimum absolute atomic E-state index is 0.0113. The van der Waals surface area contributed by atoms with E-state index in [0.717, 1.165) is 52.1 Å². The third-order valence-electron chi connectivity index (χ3n) is 6.61. The van der Waals surface area contributed by atoms with Crippen molar-refractivity contribution in [2.45, 2.75) is 90.4 Å². The van der Waals surface area contributed by atoms with E-state index in [1.54, 1.807) is 14.2 Å². The van der Waals surface area contributed by atoms with Crippen molar-refractivity contribution in [3.8, 4) is 0 Å². The molecular formula is C24H50N6O2. The lowest BCUT2D eigenvalue weighted by atomic mass is 9.93. The lowest BCUT2D eigenvalue weighted by Gasteiger charge is -2.40. The SMILES string of the molecule is COC(=N)CCN1CCNC(C)(C)C[C@@H](C)N(CCC(=N)OC)CCNC(C)(C)C[C@H]1C. The first-order chi connectivity index (χ1) is 14.9. The lowest BCUT2D eigenvalue weighted by molar-refractivity contribution is 0.134. The standard InChI is InChI=1S/C24H50N6O2/c1-19-17-23(3,4)27-12-16-30(14-10-22(26)32-8)20(2)18-24(5,6)28-11-15-29(19)13-9-21(25)31-7/h19-20,25-28H,9-18H2,1-8H3/t19-,20-/m1/s1. The van der Waals surface area contributed by atoms with Crippen LogP contribution >= 0.6 is 0 Å². The molecule has 2 atom stereocenters. The van der Waals surface area contributed by atoms with Crippen LogP contribution in [0.5, 0.6) is 0 Å². The molecule has 1 fully saturated rings. The van der Waals surface area contributed by atoms with E-state index in [2.05, 4.69) is 62.0 Å². The maximum atomic E-state index is 7.87. The van der Waals surface area contributed by atoms with Crippen LogP contribution < -0.4 is 10.6 Å². The van der Waals surface area contributed by atoms with Crippen molar-refractivity contribution in [1.29, 1.82) is 10.8 Å². The van der Waals surface area contributed by atoms with Gasteiger partial charge in [0.2, 0.25) is 0 Å². The summed E-state index contributed by atoms with van der Waals surface area (Å²) < 4.78 is 10.2. The molecule has 1 aliphatic heterocycles. The molecular weight excluding hydrogens is 404 g/mol. The lowest BCUT2D eigenvalue weighted by Crippen LogP contribution is -2.53. The van der Waals surface area contributed by atoms with Gasteiger partial charge in [0.1, 0.15) is 0 Å². The minimum Gasteiger partial charge on any atom is -0.484 e. The third-order valence-corrected chi connectivity index (χ3v) is 6.61. The van der Waals surface area contributed by atoms with Gasteiger partial charge in [-0.2, -0.15) is 0 Å². The summed E-state index contributed by atoms with van der Waals surface area (Å²) in [7, 11) is 3.16. The average molecular weight is 455 g/mol. The summed E-state index contributed by atoms with van der Waals surface area (Å²) in [4.78, 5) is 4.97. The Bertz CT molecular complexity index is 531. The van der Waals surface area contributed by atoms with E-state index in [0.29, 0.717) is 36.7 Å². The van der Waals surface area contributed by atoms with Crippen LogP contribution in [0.25, 0.3) is 0 Å². The number of ether oxygens (including phenoxy) is 2. The second kappa shape index (κ2) is 13.5. The largest absolute Gasteiger partial charge is 0.484 e.